The van der Waals surface area contributed by atoms with Crippen LogP contribution < -0.4 is 4.90 Å². The molecule has 1 saturated carbocycles. The molecule has 1 aromatic heterocycles. The first-order valence-corrected chi connectivity index (χ1v) is 13.4. The van der Waals surface area contributed by atoms with E-state index in [1.165, 1.54) is 24.5 Å². The molecule has 3 fully saturated rings. The summed E-state index contributed by atoms with van der Waals surface area (Å²) in [6, 6.07) is 6.24. The maximum Gasteiger partial charge on any atom is 0.226 e. The van der Waals surface area contributed by atoms with Gasteiger partial charge in [0.2, 0.25) is 11.9 Å². The molecule has 0 spiro atoms. The highest BCUT2D eigenvalue weighted by Gasteiger charge is 2.38. The lowest BCUT2D eigenvalue weighted by Crippen LogP contribution is -2.53. The Labute approximate surface area is 188 Å². The third-order valence-electron chi connectivity index (χ3n) is 6.94. The second-order valence-corrected chi connectivity index (χ2v) is 12.0. The Hall–Kier alpha value is -2.48. The Morgan fingerprint density at radius 3 is 2.41 bits per heavy atom. The molecule has 1 aliphatic carbocycles. The molecule has 1 amide bonds. The lowest BCUT2D eigenvalue weighted by Gasteiger charge is -2.43. The van der Waals surface area contributed by atoms with Crippen LogP contribution in [-0.2, 0) is 14.3 Å². The summed E-state index contributed by atoms with van der Waals surface area (Å²) in [6.07, 6.45) is 7.35. The molecular formula is C24H29FN4O2S. The first-order valence-electron chi connectivity index (χ1n) is 11.4. The van der Waals surface area contributed by atoms with Gasteiger partial charge in [-0.1, -0.05) is 18.2 Å². The van der Waals surface area contributed by atoms with Gasteiger partial charge in [0.25, 0.3) is 0 Å². The highest BCUT2D eigenvalue weighted by Crippen LogP contribution is 2.39. The van der Waals surface area contributed by atoms with Gasteiger partial charge >= 0.3 is 0 Å². The summed E-state index contributed by atoms with van der Waals surface area (Å²) < 4.78 is 27.0. The number of nitrogens with zero attached hydrogens (tertiary/aromatic N) is 4. The van der Waals surface area contributed by atoms with Crippen molar-refractivity contribution in [2.24, 2.45) is 5.92 Å². The predicted molar refractivity (Wildman–Crippen MR) is 125 cm³/mol. The van der Waals surface area contributed by atoms with Crippen molar-refractivity contribution in [3.63, 3.8) is 0 Å². The quantitative estimate of drug-likeness (QED) is 0.662. The van der Waals surface area contributed by atoms with E-state index in [0.717, 1.165) is 0 Å². The molecule has 1 atom stereocenters. The van der Waals surface area contributed by atoms with Gasteiger partial charge in [-0.25, -0.2) is 14.4 Å². The van der Waals surface area contributed by atoms with Gasteiger partial charge in [0, 0.05) is 55.0 Å². The van der Waals surface area contributed by atoms with Gasteiger partial charge in [0.05, 0.1) is 6.04 Å². The van der Waals surface area contributed by atoms with E-state index in [1.54, 1.807) is 18.2 Å². The first kappa shape index (κ1) is 21.4. The smallest absolute Gasteiger partial charge is 0.226 e. The number of carbonyl (C=O) groups excluding carboxylic acids is 1. The number of halogens is 1. The summed E-state index contributed by atoms with van der Waals surface area (Å²) in [5.41, 5.74) is 1.68. The molecule has 0 bridgehead atoms. The molecule has 2 aliphatic heterocycles. The third kappa shape index (κ3) is 4.37. The average molecular weight is 457 g/mol. The van der Waals surface area contributed by atoms with Crippen molar-refractivity contribution < 1.29 is 13.4 Å². The Kier molecular flexibility index (Phi) is 5.65. The molecule has 3 aliphatic rings. The van der Waals surface area contributed by atoms with E-state index in [2.05, 4.69) is 15.8 Å². The van der Waals surface area contributed by atoms with E-state index in [-0.39, 0.29) is 17.6 Å². The number of anilines is 1. The van der Waals surface area contributed by atoms with E-state index in [9.17, 15) is 13.4 Å². The van der Waals surface area contributed by atoms with E-state index in [1.807, 2.05) is 22.2 Å². The summed E-state index contributed by atoms with van der Waals surface area (Å²) >= 11 is 0. The van der Waals surface area contributed by atoms with E-state index in [0.29, 0.717) is 61.4 Å². The Balaban J connectivity index is 1.39. The molecule has 2 saturated heterocycles. The monoisotopic (exact) mass is 456 g/mol. The number of benzene rings is 1. The average Bonchev–Trinajstić information content (AvgIpc) is 3.64. The molecule has 0 radical (unpaired) electrons. The van der Waals surface area contributed by atoms with Gasteiger partial charge in [0.15, 0.2) is 0 Å². The summed E-state index contributed by atoms with van der Waals surface area (Å²) in [7, 11) is -2.06. The van der Waals surface area contributed by atoms with Crippen LogP contribution in [0, 0.1) is 11.7 Å². The SMILES string of the molecule is C=S1(=O)CCC(C(=O)N2CCN(c3ncc(C4CC4)cn3)CC2c2ccccc2F)CC1. The second-order valence-electron chi connectivity index (χ2n) is 9.25. The molecule has 6 nitrogen and oxygen atoms in total. The molecule has 3 heterocycles. The van der Waals surface area contributed by atoms with Crippen molar-refractivity contribution in [3.05, 3.63) is 53.6 Å². The topological polar surface area (TPSA) is 66.4 Å². The van der Waals surface area contributed by atoms with Crippen molar-refractivity contribution in [1.29, 1.82) is 0 Å². The molecule has 8 heteroatoms. The molecule has 1 aromatic carbocycles. The van der Waals surface area contributed by atoms with Gasteiger partial charge in [-0.3, -0.25) is 9.00 Å². The normalized spacial score (nSPS) is 28.5. The zero-order chi connectivity index (χ0) is 22.3. The van der Waals surface area contributed by atoms with E-state index in [4.69, 9.17) is 0 Å². The van der Waals surface area contributed by atoms with Crippen molar-refractivity contribution in [3.8, 4) is 0 Å². The molecule has 1 unspecified atom stereocenters. The van der Waals surface area contributed by atoms with Gasteiger partial charge in [-0.05, 0) is 58.6 Å². The second kappa shape index (κ2) is 8.46. The lowest BCUT2D eigenvalue weighted by atomic mass is 9.96. The Morgan fingerprint density at radius 1 is 1.06 bits per heavy atom. The lowest BCUT2D eigenvalue weighted by molar-refractivity contribution is -0.138. The van der Waals surface area contributed by atoms with Crippen LogP contribution in [-0.4, -0.2) is 62.0 Å². The summed E-state index contributed by atoms with van der Waals surface area (Å²) in [5, 5.41) is 0. The van der Waals surface area contributed by atoms with Crippen LogP contribution >= 0.6 is 0 Å². The number of piperazine rings is 1. The number of carbonyl (C=O) groups is 1. The van der Waals surface area contributed by atoms with E-state index < -0.39 is 15.6 Å². The molecule has 170 valence electrons. The van der Waals surface area contributed by atoms with Gasteiger partial charge in [-0.2, -0.15) is 0 Å². The molecule has 2 aromatic rings. The van der Waals surface area contributed by atoms with Crippen LogP contribution in [0.25, 0.3) is 0 Å². The standard InChI is InChI=1S/C24H29FN4O2S/c1-32(31)12-8-18(9-13-32)23(30)29-11-10-28(16-22(29)20-4-2-3-5-21(20)25)24-26-14-19(15-27-24)17-6-7-17/h2-5,14-15,17-18,22H,1,6-13,16H2. The maximum atomic E-state index is 14.8. The number of hydrogen-bond donors (Lipinski definition) is 0. The highest BCUT2D eigenvalue weighted by molar-refractivity contribution is 8.00. The van der Waals surface area contributed by atoms with Crippen molar-refractivity contribution in [1.82, 2.24) is 14.9 Å². The fourth-order valence-corrected chi connectivity index (χ4v) is 6.44. The minimum absolute atomic E-state index is 0.0257. The van der Waals surface area contributed by atoms with Gasteiger partial charge in [0.1, 0.15) is 5.82 Å². The Morgan fingerprint density at radius 2 is 1.75 bits per heavy atom. The minimum Gasteiger partial charge on any atom is -0.337 e. The highest BCUT2D eigenvalue weighted by atomic mass is 32.2. The van der Waals surface area contributed by atoms with Crippen molar-refractivity contribution in [2.75, 3.05) is 36.0 Å². The van der Waals surface area contributed by atoms with Crippen LogP contribution in [0.5, 0.6) is 0 Å². The summed E-state index contributed by atoms with van der Waals surface area (Å²) in [6.45, 7) is 1.51. The number of rotatable bonds is 4. The minimum atomic E-state index is -2.06. The van der Waals surface area contributed by atoms with E-state index >= 15 is 0 Å². The largest absolute Gasteiger partial charge is 0.337 e. The summed E-state index contributed by atoms with van der Waals surface area (Å²) in [4.78, 5) is 26.5. The molecule has 0 N–H and O–H groups in total. The van der Waals surface area contributed by atoms with Gasteiger partial charge in [-0.15, -0.1) is 0 Å². The van der Waals surface area contributed by atoms with Crippen LogP contribution in [0.4, 0.5) is 10.3 Å². The number of hydrogen-bond acceptors (Lipinski definition) is 5. The van der Waals surface area contributed by atoms with Gasteiger partial charge < -0.3 is 9.80 Å². The third-order valence-corrected chi connectivity index (χ3v) is 8.90. The first-order chi connectivity index (χ1) is 15.4. The van der Waals surface area contributed by atoms with Crippen molar-refractivity contribution >= 4 is 27.2 Å². The van der Waals surface area contributed by atoms with Crippen molar-refractivity contribution in [2.45, 2.75) is 37.6 Å². The fraction of sp³-hybridized carbons (Fsp3) is 0.500. The zero-order valence-electron chi connectivity index (χ0n) is 18.2. The Bertz CT molecular complexity index is 1090. The number of aromatic nitrogens is 2. The van der Waals surface area contributed by atoms with Crippen LogP contribution in [0.3, 0.4) is 0 Å². The molecule has 5 rings (SSSR count). The maximum absolute atomic E-state index is 14.8. The zero-order valence-corrected chi connectivity index (χ0v) is 19.0. The molecular weight excluding hydrogens is 427 g/mol. The van der Waals surface area contributed by atoms with Crippen LogP contribution in [0.15, 0.2) is 36.7 Å². The fourth-order valence-electron chi connectivity index (χ4n) is 4.80. The predicted octanol–water partition coefficient (Wildman–Crippen LogP) is 3.01. The van der Waals surface area contributed by atoms with Crippen LogP contribution in [0.1, 0.15) is 48.8 Å². The summed E-state index contributed by atoms with van der Waals surface area (Å²) in [5.74, 6) is 5.52. The number of amides is 1. The molecule has 32 heavy (non-hydrogen) atoms. The van der Waals surface area contributed by atoms with Crippen LogP contribution in [0.2, 0.25) is 0 Å².